The Labute approximate surface area is 122 Å². The van der Waals surface area contributed by atoms with E-state index in [1.165, 1.54) is 0 Å². The molecule has 3 rings (SSSR count). The van der Waals surface area contributed by atoms with Gasteiger partial charge in [0.05, 0.1) is 19.3 Å². The molecule has 0 aliphatic rings. The van der Waals surface area contributed by atoms with E-state index in [1.807, 2.05) is 31.2 Å². The summed E-state index contributed by atoms with van der Waals surface area (Å²) in [7, 11) is 1.65. The molecule has 2 aromatic heterocycles. The highest BCUT2D eigenvalue weighted by molar-refractivity contribution is 5.72. The minimum absolute atomic E-state index is 0.560. The lowest BCUT2D eigenvalue weighted by Gasteiger charge is -2.09. The van der Waals surface area contributed by atoms with Crippen LogP contribution >= 0.6 is 0 Å². The maximum absolute atomic E-state index is 5.14. The Hall–Kier alpha value is -2.76. The molecule has 6 nitrogen and oxygen atoms in total. The van der Waals surface area contributed by atoms with Crippen molar-refractivity contribution in [1.29, 1.82) is 0 Å². The van der Waals surface area contributed by atoms with Crippen LogP contribution in [0.3, 0.4) is 0 Å². The first-order chi connectivity index (χ1) is 10.3. The van der Waals surface area contributed by atoms with Gasteiger partial charge >= 0.3 is 0 Å². The first-order valence-corrected chi connectivity index (χ1v) is 6.58. The van der Waals surface area contributed by atoms with Crippen LogP contribution in [-0.2, 0) is 6.54 Å². The SMILES string of the molecule is COc1ccc(NCc2nc(C)nc3nccnc23)cc1. The van der Waals surface area contributed by atoms with Crippen molar-refractivity contribution in [3.63, 3.8) is 0 Å². The standard InChI is InChI=1S/C15H15N5O/c1-10-19-13(14-15(20-10)17-8-7-16-14)9-18-11-3-5-12(21-2)6-4-11/h3-8,18H,9H2,1-2H3. The number of aryl methyl sites for hydroxylation is 1. The fourth-order valence-corrected chi connectivity index (χ4v) is 2.06. The quantitative estimate of drug-likeness (QED) is 0.791. The minimum atomic E-state index is 0.560. The van der Waals surface area contributed by atoms with Gasteiger partial charge in [-0.25, -0.2) is 19.9 Å². The van der Waals surface area contributed by atoms with Crippen LogP contribution in [0.1, 0.15) is 11.5 Å². The zero-order chi connectivity index (χ0) is 14.7. The predicted octanol–water partition coefficient (Wildman–Crippen LogP) is 2.35. The van der Waals surface area contributed by atoms with Crippen molar-refractivity contribution in [2.75, 3.05) is 12.4 Å². The van der Waals surface area contributed by atoms with Crippen molar-refractivity contribution >= 4 is 16.9 Å². The molecule has 0 spiro atoms. The van der Waals surface area contributed by atoms with E-state index in [0.717, 1.165) is 22.6 Å². The number of nitrogens with zero attached hydrogens (tertiary/aromatic N) is 4. The van der Waals surface area contributed by atoms with Gasteiger partial charge in [-0.3, -0.25) is 0 Å². The summed E-state index contributed by atoms with van der Waals surface area (Å²) < 4.78 is 5.14. The second-order valence-electron chi connectivity index (χ2n) is 4.53. The number of rotatable bonds is 4. The van der Waals surface area contributed by atoms with Gasteiger partial charge < -0.3 is 10.1 Å². The Morgan fingerprint density at radius 1 is 1.05 bits per heavy atom. The molecule has 0 amide bonds. The van der Waals surface area contributed by atoms with Gasteiger partial charge in [0.1, 0.15) is 17.1 Å². The molecule has 21 heavy (non-hydrogen) atoms. The lowest BCUT2D eigenvalue weighted by Crippen LogP contribution is -2.06. The molecule has 0 unspecified atom stereocenters. The molecule has 1 aromatic carbocycles. The van der Waals surface area contributed by atoms with E-state index in [2.05, 4.69) is 25.3 Å². The zero-order valence-electron chi connectivity index (χ0n) is 11.9. The molecule has 0 saturated heterocycles. The van der Waals surface area contributed by atoms with E-state index in [4.69, 9.17) is 4.74 Å². The Balaban J connectivity index is 1.84. The van der Waals surface area contributed by atoms with Gasteiger partial charge in [-0.15, -0.1) is 0 Å². The van der Waals surface area contributed by atoms with E-state index < -0.39 is 0 Å². The number of anilines is 1. The molecule has 0 atom stereocenters. The summed E-state index contributed by atoms with van der Waals surface area (Å²) in [5.41, 5.74) is 3.17. The van der Waals surface area contributed by atoms with Crippen LogP contribution in [0, 0.1) is 6.92 Å². The van der Waals surface area contributed by atoms with E-state index in [0.29, 0.717) is 18.0 Å². The van der Waals surface area contributed by atoms with Crippen molar-refractivity contribution in [3.05, 3.63) is 48.2 Å². The van der Waals surface area contributed by atoms with Crippen LogP contribution in [-0.4, -0.2) is 27.0 Å². The van der Waals surface area contributed by atoms with Crippen molar-refractivity contribution in [3.8, 4) is 5.75 Å². The van der Waals surface area contributed by atoms with Crippen LogP contribution in [0.25, 0.3) is 11.2 Å². The van der Waals surface area contributed by atoms with Crippen molar-refractivity contribution < 1.29 is 4.74 Å². The van der Waals surface area contributed by atoms with Crippen LogP contribution in [0.4, 0.5) is 5.69 Å². The van der Waals surface area contributed by atoms with Crippen LogP contribution in [0.2, 0.25) is 0 Å². The van der Waals surface area contributed by atoms with E-state index in [9.17, 15) is 0 Å². The van der Waals surface area contributed by atoms with E-state index in [1.54, 1.807) is 19.5 Å². The largest absolute Gasteiger partial charge is 0.497 e. The second kappa shape index (κ2) is 5.70. The molecule has 0 aliphatic carbocycles. The lowest BCUT2D eigenvalue weighted by molar-refractivity contribution is 0.415. The number of fused-ring (bicyclic) bond motifs is 1. The van der Waals surface area contributed by atoms with Crippen LogP contribution < -0.4 is 10.1 Å². The third kappa shape index (κ3) is 2.89. The third-order valence-electron chi connectivity index (χ3n) is 3.07. The highest BCUT2D eigenvalue weighted by Gasteiger charge is 2.07. The number of ether oxygens (including phenoxy) is 1. The van der Waals surface area contributed by atoms with Gasteiger partial charge in [-0.05, 0) is 31.2 Å². The Bertz CT molecular complexity index is 758. The molecule has 106 valence electrons. The number of nitrogens with one attached hydrogen (secondary N) is 1. The molecule has 3 aromatic rings. The van der Waals surface area contributed by atoms with E-state index in [-0.39, 0.29) is 0 Å². The van der Waals surface area contributed by atoms with Gasteiger partial charge in [0.2, 0.25) is 0 Å². The number of benzene rings is 1. The maximum atomic E-state index is 5.14. The molecule has 2 heterocycles. The summed E-state index contributed by atoms with van der Waals surface area (Å²) in [6.07, 6.45) is 3.29. The Kier molecular flexibility index (Phi) is 3.59. The fraction of sp³-hybridized carbons (Fsp3) is 0.200. The molecule has 0 radical (unpaired) electrons. The number of methoxy groups -OCH3 is 1. The second-order valence-corrected chi connectivity index (χ2v) is 4.53. The molecule has 0 bridgehead atoms. The average Bonchev–Trinajstić information content (AvgIpc) is 2.53. The molecule has 0 saturated carbocycles. The van der Waals surface area contributed by atoms with Crippen molar-refractivity contribution in [1.82, 2.24) is 19.9 Å². The molecule has 6 heteroatoms. The molecule has 0 fully saturated rings. The van der Waals surface area contributed by atoms with Crippen LogP contribution in [0.5, 0.6) is 5.75 Å². The minimum Gasteiger partial charge on any atom is -0.497 e. The molecule has 0 aliphatic heterocycles. The molecular weight excluding hydrogens is 266 g/mol. The summed E-state index contributed by atoms with van der Waals surface area (Å²) in [4.78, 5) is 17.3. The normalized spacial score (nSPS) is 10.6. The van der Waals surface area contributed by atoms with Crippen molar-refractivity contribution in [2.45, 2.75) is 13.5 Å². The maximum Gasteiger partial charge on any atom is 0.181 e. The summed E-state index contributed by atoms with van der Waals surface area (Å²) in [6, 6.07) is 7.73. The number of hydrogen-bond donors (Lipinski definition) is 1. The third-order valence-corrected chi connectivity index (χ3v) is 3.07. The summed E-state index contributed by atoms with van der Waals surface area (Å²) in [5, 5.41) is 3.32. The number of aromatic nitrogens is 4. The topological polar surface area (TPSA) is 72.8 Å². The first kappa shape index (κ1) is 13.2. The predicted molar refractivity (Wildman–Crippen MR) is 80.2 cm³/mol. The summed E-state index contributed by atoms with van der Waals surface area (Å²) in [5.74, 6) is 1.52. The van der Waals surface area contributed by atoms with Gasteiger partial charge in [0.25, 0.3) is 0 Å². The molecular formula is C15H15N5O. The highest BCUT2D eigenvalue weighted by Crippen LogP contribution is 2.17. The van der Waals surface area contributed by atoms with Gasteiger partial charge in [0.15, 0.2) is 5.65 Å². The van der Waals surface area contributed by atoms with Crippen molar-refractivity contribution in [2.24, 2.45) is 0 Å². The summed E-state index contributed by atoms with van der Waals surface area (Å²) in [6.45, 7) is 2.41. The van der Waals surface area contributed by atoms with Crippen LogP contribution in [0.15, 0.2) is 36.7 Å². The lowest BCUT2D eigenvalue weighted by atomic mass is 10.3. The van der Waals surface area contributed by atoms with E-state index >= 15 is 0 Å². The monoisotopic (exact) mass is 281 g/mol. The first-order valence-electron chi connectivity index (χ1n) is 6.58. The van der Waals surface area contributed by atoms with Gasteiger partial charge in [-0.2, -0.15) is 0 Å². The van der Waals surface area contributed by atoms with Gasteiger partial charge in [-0.1, -0.05) is 0 Å². The highest BCUT2D eigenvalue weighted by atomic mass is 16.5. The fourth-order valence-electron chi connectivity index (χ4n) is 2.06. The Morgan fingerprint density at radius 3 is 2.57 bits per heavy atom. The average molecular weight is 281 g/mol. The summed E-state index contributed by atoms with van der Waals surface area (Å²) >= 11 is 0. The molecule has 1 N–H and O–H groups in total. The Morgan fingerprint density at radius 2 is 1.81 bits per heavy atom. The number of hydrogen-bond acceptors (Lipinski definition) is 6. The zero-order valence-corrected chi connectivity index (χ0v) is 11.9. The smallest absolute Gasteiger partial charge is 0.181 e. The van der Waals surface area contributed by atoms with Gasteiger partial charge in [0, 0.05) is 18.1 Å².